The van der Waals surface area contributed by atoms with Crippen molar-refractivity contribution in [2.24, 2.45) is 0 Å². The van der Waals surface area contributed by atoms with E-state index in [9.17, 15) is 4.79 Å². The molecule has 30 heavy (non-hydrogen) atoms. The van der Waals surface area contributed by atoms with Gasteiger partial charge in [0.2, 0.25) is 0 Å². The minimum atomic E-state index is -0.163. The van der Waals surface area contributed by atoms with Crippen LogP contribution in [-0.2, 0) is 5.54 Å². The van der Waals surface area contributed by atoms with Crippen molar-refractivity contribution in [3.05, 3.63) is 88.4 Å². The summed E-state index contributed by atoms with van der Waals surface area (Å²) in [5, 5.41) is 2.46. The Morgan fingerprint density at radius 3 is 2.07 bits per heavy atom. The highest BCUT2D eigenvalue weighted by molar-refractivity contribution is 7.11. The van der Waals surface area contributed by atoms with Crippen molar-refractivity contribution in [3.8, 4) is 0 Å². The number of aromatic nitrogens is 1. The first-order chi connectivity index (χ1) is 14.7. The fourth-order valence-electron chi connectivity index (χ4n) is 5.13. The van der Waals surface area contributed by atoms with Crippen molar-refractivity contribution >= 4 is 17.2 Å². The van der Waals surface area contributed by atoms with Crippen LogP contribution in [-0.4, -0.2) is 71.4 Å². The molecule has 5 nitrogen and oxygen atoms in total. The number of nitrogens with zero attached hydrogens (tertiary/aromatic N) is 4. The number of benzene rings is 2. The number of piperazine rings is 1. The molecule has 0 N–H and O–H groups in total. The third kappa shape index (κ3) is 3.07. The van der Waals surface area contributed by atoms with Crippen LogP contribution in [0.25, 0.3) is 0 Å². The van der Waals surface area contributed by atoms with E-state index in [2.05, 4.69) is 82.5 Å². The highest BCUT2D eigenvalue weighted by Gasteiger charge is 2.56. The van der Waals surface area contributed by atoms with Gasteiger partial charge >= 0.3 is 0 Å². The Labute approximate surface area is 181 Å². The standard InChI is InChI=1S/C24H26N4OS/c1-26-18-21(27-13-15-28(16-14-27)23(29)22-25-12-17-30-22)24(26,19-8-4-2-5-9-19)20-10-6-3-7-11-20/h2-12,17,21H,13-16,18H2,1H3. The summed E-state index contributed by atoms with van der Waals surface area (Å²) in [4.78, 5) is 23.9. The fourth-order valence-corrected chi connectivity index (χ4v) is 5.74. The van der Waals surface area contributed by atoms with Crippen molar-refractivity contribution in [1.82, 2.24) is 19.7 Å². The molecule has 0 spiro atoms. The number of rotatable bonds is 4. The lowest BCUT2D eigenvalue weighted by Gasteiger charge is -2.62. The van der Waals surface area contributed by atoms with E-state index in [1.54, 1.807) is 6.20 Å². The highest BCUT2D eigenvalue weighted by Crippen LogP contribution is 2.47. The van der Waals surface area contributed by atoms with Crippen molar-refractivity contribution in [3.63, 3.8) is 0 Å². The molecule has 1 amide bonds. The molecule has 154 valence electrons. The second-order valence-corrected chi connectivity index (χ2v) is 8.95. The molecule has 2 aliphatic rings. The maximum Gasteiger partial charge on any atom is 0.282 e. The molecule has 0 aliphatic carbocycles. The predicted octanol–water partition coefficient (Wildman–Crippen LogP) is 3.16. The van der Waals surface area contributed by atoms with E-state index in [0.29, 0.717) is 11.0 Å². The SMILES string of the molecule is CN1CC(N2CCN(C(=O)c3nccs3)CC2)C1(c1ccccc1)c1ccccc1. The fraction of sp³-hybridized carbons (Fsp3) is 0.333. The van der Waals surface area contributed by atoms with Gasteiger partial charge in [-0.05, 0) is 18.2 Å². The Balaban J connectivity index is 1.41. The Morgan fingerprint density at radius 1 is 0.967 bits per heavy atom. The normalized spacial score (nSPS) is 21.9. The average molecular weight is 419 g/mol. The van der Waals surface area contributed by atoms with Gasteiger partial charge in [-0.25, -0.2) is 4.98 Å². The van der Waals surface area contributed by atoms with Gasteiger partial charge in [0.1, 0.15) is 0 Å². The van der Waals surface area contributed by atoms with Gasteiger partial charge in [-0.1, -0.05) is 60.7 Å². The molecule has 1 atom stereocenters. The summed E-state index contributed by atoms with van der Waals surface area (Å²) < 4.78 is 0. The maximum atomic E-state index is 12.7. The zero-order chi connectivity index (χ0) is 20.6. The Hall–Kier alpha value is -2.54. The van der Waals surface area contributed by atoms with Crippen LogP contribution < -0.4 is 0 Å². The van der Waals surface area contributed by atoms with Crippen LogP contribution in [0.15, 0.2) is 72.2 Å². The highest BCUT2D eigenvalue weighted by atomic mass is 32.1. The molecule has 0 saturated carbocycles. The van der Waals surface area contributed by atoms with Gasteiger partial charge in [0.15, 0.2) is 5.01 Å². The molecule has 0 radical (unpaired) electrons. The first-order valence-electron chi connectivity index (χ1n) is 10.5. The smallest absolute Gasteiger partial charge is 0.282 e. The van der Waals surface area contributed by atoms with E-state index in [4.69, 9.17) is 0 Å². The lowest BCUT2D eigenvalue weighted by atomic mass is 9.68. The molecule has 3 aromatic rings. The van der Waals surface area contributed by atoms with Crippen molar-refractivity contribution in [2.75, 3.05) is 39.8 Å². The maximum absolute atomic E-state index is 12.7. The lowest BCUT2D eigenvalue weighted by molar-refractivity contribution is -0.0820. The van der Waals surface area contributed by atoms with Crippen LogP contribution in [0.5, 0.6) is 0 Å². The van der Waals surface area contributed by atoms with Crippen LogP contribution in [0.2, 0.25) is 0 Å². The summed E-state index contributed by atoms with van der Waals surface area (Å²) in [5.41, 5.74) is 2.50. The van der Waals surface area contributed by atoms with Gasteiger partial charge in [0.25, 0.3) is 5.91 Å². The number of carbonyl (C=O) groups is 1. The molecule has 2 aliphatic heterocycles. The minimum Gasteiger partial charge on any atom is -0.334 e. The Morgan fingerprint density at radius 2 is 1.57 bits per heavy atom. The molecule has 2 fully saturated rings. The molecular weight excluding hydrogens is 392 g/mol. The Bertz CT molecular complexity index is 945. The van der Waals surface area contributed by atoms with Gasteiger partial charge in [0.05, 0.1) is 5.54 Å². The topological polar surface area (TPSA) is 39.7 Å². The van der Waals surface area contributed by atoms with Crippen molar-refractivity contribution < 1.29 is 4.79 Å². The number of likely N-dealkylation sites (N-methyl/N-ethyl adjacent to an activating group) is 1. The van der Waals surface area contributed by atoms with Crippen LogP contribution in [0.3, 0.4) is 0 Å². The number of thiazole rings is 1. The first kappa shape index (κ1) is 19.4. The van der Waals surface area contributed by atoms with Gasteiger partial charge in [-0.3, -0.25) is 14.6 Å². The minimum absolute atomic E-state index is 0.0627. The summed E-state index contributed by atoms with van der Waals surface area (Å²) in [6.45, 7) is 4.29. The molecule has 0 bridgehead atoms. The van der Waals surface area contributed by atoms with Gasteiger partial charge in [-0.15, -0.1) is 11.3 Å². The molecule has 3 heterocycles. The van der Waals surface area contributed by atoms with E-state index in [1.807, 2.05) is 10.3 Å². The quantitative estimate of drug-likeness (QED) is 0.653. The van der Waals surface area contributed by atoms with Crippen LogP contribution in [0.1, 0.15) is 20.9 Å². The molecule has 2 aromatic carbocycles. The third-order valence-corrected chi connectivity index (χ3v) is 7.38. The largest absolute Gasteiger partial charge is 0.334 e. The van der Waals surface area contributed by atoms with E-state index in [0.717, 1.165) is 32.7 Å². The molecular formula is C24H26N4OS. The second-order valence-electron chi connectivity index (χ2n) is 8.06. The third-order valence-electron chi connectivity index (χ3n) is 6.62. The van der Waals surface area contributed by atoms with Gasteiger partial charge < -0.3 is 4.90 Å². The van der Waals surface area contributed by atoms with Crippen LogP contribution >= 0.6 is 11.3 Å². The van der Waals surface area contributed by atoms with Crippen molar-refractivity contribution in [1.29, 1.82) is 0 Å². The predicted molar refractivity (Wildman–Crippen MR) is 120 cm³/mol. The number of carbonyl (C=O) groups excluding carboxylic acids is 1. The lowest BCUT2D eigenvalue weighted by Crippen LogP contribution is -2.74. The summed E-state index contributed by atoms with van der Waals surface area (Å²) in [5.74, 6) is 0.0627. The van der Waals surface area contributed by atoms with E-state index >= 15 is 0 Å². The molecule has 1 unspecified atom stereocenters. The average Bonchev–Trinajstić information content (AvgIpc) is 3.34. The summed E-state index contributed by atoms with van der Waals surface area (Å²) >= 11 is 1.42. The summed E-state index contributed by atoms with van der Waals surface area (Å²) in [7, 11) is 2.22. The molecule has 5 rings (SSSR count). The molecule has 1 aromatic heterocycles. The number of likely N-dealkylation sites (tertiary alicyclic amines) is 1. The number of amides is 1. The number of hydrogen-bond acceptors (Lipinski definition) is 5. The van der Waals surface area contributed by atoms with Gasteiger partial charge in [-0.2, -0.15) is 0 Å². The van der Waals surface area contributed by atoms with Crippen molar-refractivity contribution in [2.45, 2.75) is 11.6 Å². The zero-order valence-corrected chi connectivity index (χ0v) is 18.0. The monoisotopic (exact) mass is 418 g/mol. The summed E-state index contributed by atoms with van der Waals surface area (Å²) in [6.07, 6.45) is 1.70. The second kappa shape index (κ2) is 7.95. The van der Waals surface area contributed by atoms with Gasteiger partial charge in [0, 0.05) is 50.3 Å². The first-order valence-corrected chi connectivity index (χ1v) is 11.3. The van der Waals surface area contributed by atoms with Crippen LogP contribution in [0.4, 0.5) is 0 Å². The summed E-state index contributed by atoms with van der Waals surface area (Å²) in [6, 6.07) is 22.1. The molecule has 2 saturated heterocycles. The van der Waals surface area contributed by atoms with E-state index in [-0.39, 0.29) is 11.4 Å². The van der Waals surface area contributed by atoms with E-state index in [1.165, 1.54) is 22.5 Å². The van der Waals surface area contributed by atoms with E-state index < -0.39 is 0 Å². The zero-order valence-electron chi connectivity index (χ0n) is 17.1. The van der Waals surface area contributed by atoms with Crippen LogP contribution in [0, 0.1) is 0 Å². The number of hydrogen-bond donors (Lipinski definition) is 0. The Kier molecular flexibility index (Phi) is 5.15. The molecule has 6 heteroatoms.